The van der Waals surface area contributed by atoms with E-state index >= 15 is 0 Å². The predicted octanol–water partition coefficient (Wildman–Crippen LogP) is 1.64. The number of halogens is 1. The molecule has 6 heteroatoms. The zero-order valence-electron chi connectivity index (χ0n) is 9.84. The lowest BCUT2D eigenvalue weighted by atomic mass is 9.90. The molecule has 2 N–H and O–H groups in total. The summed E-state index contributed by atoms with van der Waals surface area (Å²) in [5, 5.41) is 10.7. The van der Waals surface area contributed by atoms with Crippen molar-refractivity contribution in [3.8, 4) is 0 Å². The summed E-state index contributed by atoms with van der Waals surface area (Å²) in [5.41, 5.74) is 6.32. The van der Waals surface area contributed by atoms with Gasteiger partial charge in [-0.2, -0.15) is 0 Å². The van der Waals surface area contributed by atoms with E-state index < -0.39 is 10.7 Å². The molecule has 18 heavy (non-hydrogen) atoms. The van der Waals surface area contributed by atoms with Crippen LogP contribution in [0, 0.1) is 21.8 Å². The lowest BCUT2D eigenvalue weighted by Gasteiger charge is -2.28. The minimum absolute atomic E-state index is 0.000994. The normalized spacial score (nSPS) is 23.9. The number of nitro groups is 1. The summed E-state index contributed by atoms with van der Waals surface area (Å²) in [6.45, 7) is 1.16. The first kappa shape index (κ1) is 12.9. The van der Waals surface area contributed by atoms with E-state index in [4.69, 9.17) is 10.5 Å². The highest BCUT2D eigenvalue weighted by Gasteiger charge is 2.23. The Morgan fingerprint density at radius 1 is 1.50 bits per heavy atom. The molecule has 0 spiro atoms. The summed E-state index contributed by atoms with van der Waals surface area (Å²) in [7, 11) is 0. The van der Waals surface area contributed by atoms with Crippen molar-refractivity contribution in [3.05, 3.63) is 39.7 Å². The molecular formula is C12H15FN2O3. The molecule has 5 nitrogen and oxygen atoms in total. The van der Waals surface area contributed by atoms with Crippen molar-refractivity contribution in [2.75, 3.05) is 13.2 Å². The Kier molecular flexibility index (Phi) is 3.88. The average molecular weight is 254 g/mol. The summed E-state index contributed by atoms with van der Waals surface area (Å²) in [5.74, 6) is -0.510. The first-order chi connectivity index (χ1) is 8.56. The van der Waals surface area contributed by atoms with E-state index in [0.29, 0.717) is 25.2 Å². The number of hydrogen-bond donors (Lipinski definition) is 1. The fourth-order valence-electron chi connectivity index (χ4n) is 2.18. The molecule has 0 aromatic heterocycles. The standard InChI is InChI=1S/C12H15FN2O3/c13-10-4-8(5-11(6-10)15(16)17)3-9-7-18-2-1-12(9)14/h4-6,9,12H,1-3,7,14H2. The molecule has 2 unspecified atom stereocenters. The van der Waals surface area contributed by atoms with E-state index in [1.165, 1.54) is 12.1 Å². The van der Waals surface area contributed by atoms with Crippen molar-refractivity contribution < 1.29 is 14.1 Å². The molecule has 0 saturated carbocycles. The molecule has 1 fully saturated rings. The third kappa shape index (κ3) is 3.02. The van der Waals surface area contributed by atoms with Gasteiger partial charge in [0.15, 0.2) is 0 Å². The van der Waals surface area contributed by atoms with Crippen molar-refractivity contribution in [2.45, 2.75) is 18.9 Å². The lowest BCUT2D eigenvalue weighted by Crippen LogP contribution is -2.39. The van der Waals surface area contributed by atoms with Crippen molar-refractivity contribution in [1.82, 2.24) is 0 Å². The van der Waals surface area contributed by atoms with E-state index in [-0.39, 0.29) is 17.6 Å². The Bertz CT molecular complexity index is 453. The number of nitro benzene ring substituents is 1. The van der Waals surface area contributed by atoms with Crippen LogP contribution in [0.25, 0.3) is 0 Å². The van der Waals surface area contributed by atoms with Gasteiger partial charge in [0.2, 0.25) is 0 Å². The maximum Gasteiger partial charge on any atom is 0.272 e. The van der Waals surface area contributed by atoms with Crippen LogP contribution >= 0.6 is 0 Å². The fourth-order valence-corrected chi connectivity index (χ4v) is 2.18. The van der Waals surface area contributed by atoms with Gasteiger partial charge < -0.3 is 10.5 Å². The second kappa shape index (κ2) is 5.41. The van der Waals surface area contributed by atoms with Gasteiger partial charge >= 0.3 is 0 Å². The van der Waals surface area contributed by atoms with Gasteiger partial charge in [-0.05, 0) is 24.5 Å². The Morgan fingerprint density at radius 2 is 2.28 bits per heavy atom. The first-order valence-corrected chi connectivity index (χ1v) is 5.83. The summed E-state index contributed by atoms with van der Waals surface area (Å²) in [6, 6.07) is 3.63. The van der Waals surface area contributed by atoms with Crippen LogP contribution in [-0.4, -0.2) is 24.2 Å². The van der Waals surface area contributed by atoms with Crippen LogP contribution in [0.1, 0.15) is 12.0 Å². The molecule has 1 saturated heterocycles. The van der Waals surface area contributed by atoms with Gasteiger partial charge in [-0.3, -0.25) is 10.1 Å². The van der Waals surface area contributed by atoms with Gasteiger partial charge in [0, 0.05) is 24.6 Å². The Hall–Kier alpha value is -1.53. The Labute approximate surface area is 104 Å². The van der Waals surface area contributed by atoms with Crippen LogP contribution in [0.3, 0.4) is 0 Å². The number of nitrogens with two attached hydrogens (primary N) is 1. The lowest BCUT2D eigenvalue weighted by molar-refractivity contribution is -0.385. The molecule has 1 aromatic rings. The van der Waals surface area contributed by atoms with Crippen LogP contribution in [0.4, 0.5) is 10.1 Å². The zero-order chi connectivity index (χ0) is 13.1. The molecule has 1 aliphatic heterocycles. The molecule has 1 heterocycles. The van der Waals surface area contributed by atoms with Gasteiger partial charge in [0.25, 0.3) is 5.69 Å². The monoisotopic (exact) mass is 254 g/mol. The molecular weight excluding hydrogens is 239 g/mol. The van der Waals surface area contributed by atoms with Gasteiger partial charge in [-0.15, -0.1) is 0 Å². The molecule has 0 aliphatic carbocycles. The third-order valence-corrected chi connectivity index (χ3v) is 3.18. The van der Waals surface area contributed by atoms with E-state index in [9.17, 15) is 14.5 Å². The Balaban J connectivity index is 2.15. The number of rotatable bonds is 3. The molecule has 0 amide bonds. The minimum Gasteiger partial charge on any atom is -0.381 e. The molecule has 0 bridgehead atoms. The summed E-state index contributed by atoms with van der Waals surface area (Å²) < 4.78 is 18.6. The fraction of sp³-hybridized carbons (Fsp3) is 0.500. The van der Waals surface area contributed by atoms with Crippen molar-refractivity contribution >= 4 is 5.69 Å². The summed E-state index contributed by atoms with van der Waals surface area (Å²) in [4.78, 5) is 10.1. The average Bonchev–Trinajstić information content (AvgIpc) is 2.31. The molecule has 0 radical (unpaired) electrons. The number of ether oxygens (including phenoxy) is 1. The van der Waals surface area contributed by atoms with Crippen molar-refractivity contribution in [2.24, 2.45) is 11.7 Å². The molecule has 98 valence electrons. The second-order valence-corrected chi connectivity index (χ2v) is 4.57. The SMILES string of the molecule is NC1CCOCC1Cc1cc(F)cc([N+](=O)[O-])c1. The van der Waals surface area contributed by atoms with Crippen LogP contribution in [0.15, 0.2) is 18.2 Å². The minimum atomic E-state index is -0.593. The van der Waals surface area contributed by atoms with Crippen molar-refractivity contribution in [3.63, 3.8) is 0 Å². The second-order valence-electron chi connectivity index (χ2n) is 4.57. The first-order valence-electron chi connectivity index (χ1n) is 5.83. The summed E-state index contributed by atoms with van der Waals surface area (Å²) >= 11 is 0. The Morgan fingerprint density at radius 3 is 2.94 bits per heavy atom. The molecule has 1 aliphatic rings. The number of benzene rings is 1. The van der Waals surface area contributed by atoms with E-state index in [2.05, 4.69) is 0 Å². The topological polar surface area (TPSA) is 78.4 Å². The molecule has 2 rings (SSSR count). The van der Waals surface area contributed by atoms with E-state index in [0.717, 1.165) is 12.5 Å². The number of nitrogens with zero attached hydrogens (tertiary/aromatic N) is 1. The molecule has 1 aromatic carbocycles. The summed E-state index contributed by atoms with van der Waals surface area (Å²) in [6.07, 6.45) is 1.27. The maximum atomic E-state index is 13.3. The van der Waals surface area contributed by atoms with Gasteiger partial charge in [-0.1, -0.05) is 0 Å². The van der Waals surface area contributed by atoms with Crippen LogP contribution < -0.4 is 5.73 Å². The smallest absolute Gasteiger partial charge is 0.272 e. The third-order valence-electron chi connectivity index (χ3n) is 3.18. The number of non-ortho nitro benzene ring substituents is 1. The van der Waals surface area contributed by atoms with Gasteiger partial charge in [-0.25, -0.2) is 4.39 Å². The maximum absolute atomic E-state index is 13.3. The molecule has 2 atom stereocenters. The largest absolute Gasteiger partial charge is 0.381 e. The highest BCUT2D eigenvalue weighted by Crippen LogP contribution is 2.22. The number of hydrogen-bond acceptors (Lipinski definition) is 4. The quantitative estimate of drug-likeness (QED) is 0.657. The van der Waals surface area contributed by atoms with Crippen LogP contribution in [-0.2, 0) is 11.2 Å². The van der Waals surface area contributed by atoms with Crippen LogP contribution in [0.2, 0.25) is 0 Å². The highest BCUT2D eigenvalue weighted by molar-refractivity contribution is 5.35. The van der Waals surface area contributed by atoms with Crippen molar-refractivity contribution in [1.29, 1.82) is 0 Å². The van der Waals surface area contributed by atoms with Gasteiger partial charge in [0.1, 0.15) is 5.82 Å². The highest BCUT2D eigenvalue weighted by atomic mass is 19.1. The van der Waals surface area contributed by atoms with Gasteiger partial charge in [0.05, 0.1) is 17.6 Å². The van der Waals surface area contributed by atoms with E-state index in [1.54, 1.807) is 0 Å². The predicted molar refractivity (Wildman–Crippen MR) is 63.7 cm³/mol. The zero-order valence-corrected chi connectivity index (χ0v) is 9.84. The van der Waals surface area contributed by atoms with E-state index in [1.807, 2.05) is 0 Å². The van der Waals surface area contributed by atoms with Crippen LogP contribution in [0.5, 0.6) is 0 Å².